The zero-order valence-electron chi connectivity index (χ0n) is 18.1. The second kappa shape index (κ2) is 9.84. The summed E-state index contributed by atoms with van der Waals surface area (Å²) in [6.07, 6.45) is -3.08. The number of carbonyl (C=O) groups excluding carboxylic acids is 2. The number of aromatic amines is 1. The number of halogens is 3. The van der Waals surface area contributed by atoms with Crippen molar-refractivity contribution in [2.24, 2.45) is 0 Å². The predicted molar refractivity (Wildman–Crippen MR) is 122 cm³/mol. The van der Waals surface area contributed by atoms with Gasteiger partial charge in [-0.15, -0.1) is 0 Å². The maximum Gasteiger partial charge on any atom is 0.418 e. The van der Waals surface area contributed by atoms with Crippen LogP contribution in [0.1, 0.15) is 34.8 Å². The van der Waals surface area contributed by atoms with Gasteiger partial charge in [0.25, 0.3) is 11.5 Å². The number of carbonyl (C=O) groups is 2. The molecule has 0 aliphatic carbocycles. The lowest BCUT2D eigenvalue weighted by Crippen LogP contribution is -2.18. The Hall–Kier alpha value is -4.41. The van der Waals surface area contributed by atoms with Crippen LogP contribution in [-0.4, -0.2) is 21.8 Å². The van der Waals surface area contributed by atoms with Crippen molar-refractivity contribution in [3.05, 3.63) is 88.4 Å². The molecule has 2 amide bonds. The summed E-state index contributed by atoms with van der Waals surface area (Å²) < 4.78 is 45.7. The average molecular weight is 484 g/mol. The van der Waals surface area contributed by atoms with Crippen LogP contribution in [0, 0.1) is 0 Å². The van der Waals surface area contributed by atoms with Gasteiger partial charge in [-0.05, 0) is 48.9 Å². The predicted octanol–water partition coefficient (Wildman–Crippen LogP) is 4.75. The number of hydrogen-bond donors (Lipinski definition) is 3. The Labute approximate surface area is 196 Å². The number of H-pyrrole nitrogens is 1. The molecule has 0 saturated carbocycles. The maximum absolute atomic E-state index is 13.6. The van der Waals surface area contributed by atoms with E-state index >= 15 is 0 Å². The fraction of sp³-hybridized carbons (Fsp3) is 0.167. The molecule has 35 heavy (non-hydrogen) atoms. The summed E-state index contributed by atoms with van der Waals surface area (Å²) in [7, 11) is 0. The fourth-order valence-corrected chi connectivity index (χ4v) is 3.45. The molecule has 180 valence electrons. The van der Waals surface area contributed by atoms with Crippen molar-refractivity contribution < 1.29 is 27.2 Å². The molecule has 0 bridgehead atoms. The molecule has 2 aromatic carbocycles. The number of nitrogens with one attached hydrogen (secondary N) is 3. The standard InChI is InChI=1S/C24H19F3N4O4/c25-24(26,27)16-13-14(28-23(34)19-7-4-12-35-19)10-11-18(16)30-21(32)9-3-8-20-29-17-6-2-1-5-15(17)22(33)31-20/h1-2,4-7,10-13H,3,8-9H2,(H,28,34)(H,30,32)(H,29,31,33). The first-order valence-electron chi connectivity index (χ1n) is 10.5. The van der Waals surface area contributed by atoms with Crippen molar-refractivity contribution in [1.29, 1.82) is 0 Å². The minimum absolute atomic E-state index is 0.0572. The van der Waals surface area contributed by atoms with Gasteiger partial charge in [-0.25, -0.2) is 4.98 Å². The number of anilines is 2. The Bertz CT molecular complexity index is 1430. The van der Waals surface area contributed by atoms with E-state index in [1.165, 1.54) is 24.5 Å². The third-order valence-corrected chi connectivity index (χ3v) is 5.08. The Morgan fingerprint density at radius 3 is 2.57 bits per heavy atom. The summed E-state index contributed by atoms with van der Waals surface area (Å²) >= 11 is 0. The molecule has 11 heteroatoms. The van der Waals surface area contributed by atoms with Crippen LogP contribution in [0.25, 0.3) is 10.9 Å². The summed E-state index contributed by atoms with van der Waals surface area (Å²) in [5, 5.41) is 5.04. The summed E-state index contributed by atoms with van der Waals surface area (Å²) in [6, 6.07) is 12.7. The van der Waals surface area contributed by atoms with Crippen molar-refractivity contribution in [1.82, 2.24) is 9.97 Å². The molecule has 4 rings (SSSR count). The lowest BCUT2D eigenvalue weighted by molar-refractivity contribution is -0.136. The molecule has 0 radical (unpaired) electrons. The number of rotatable bonds is 7. The van der Waals surface area contributed by atoms with Gasteiger partial charge in [-0.3, -0.25) is 14.4 Å². The fourth-order valence-electron chi connectivity index (χ4n) is 3.45. The summed E-state index contributed by atoms with van der Waals surface area (Å²) in [5.41, 5.74) is -1.43. The van der Waals surface area contributed by atoms with E-state index in [2.05, 4.69) is 20.6 Å². The highest BCUT2D eigenvalue weighted by molar-refractivity contribution is 6.02. The molecule has 0 unspecified atom stereocenters. The van der Waals surface area contributed by atoms with Crippen molar-refractivity contribution in [3.63, 3.8) is 0 Å². The Morgan fingerprint density at radius 2 is 1.83 bits per heavy atom. The molecule has 0 atom stereocenters. The molecule has 0 aliphatic rings. The van der Waals surface area contributed by atoms with E-state index in [1.54, 1.807) is 24.3 Å². The number of hydrogen-bond acceptors (Lipinski definition) is 5. The van der Waals surface area contributed by atoms with E-state index in [0.29, 0.717) is 16.7 Å². The third kappa shape index (κ3) is 5.75. The number of fused-ring (bicyclic) bond motifs is 1. The van der Waals surface area contributed by atoms with Crippen molar-refractivity contribution in [2.45, 2.75) is 25.4 Å². The molecule has 3 N–H and O–H groups in total. The topological polar surface area (TPSA) is 117 Å². The molecule has 8 nitrogen and oxygen atoms in total. The van der Waals surface area contributed by atoms with E-state index in [9.17, 15) is 27.6 Å². The Morgan fingerprint density at radius 1 is 1.03 bits per heavy atom. The van der Waals surface area contributed by atoms with Crippen LogP contribution < -0.4 is 16.2 Å². The minimum Gasteiger partial charge on any atom is -0.459 e. The van der Waals surface area contributed by atoms with Gasteiger partial charge < -0.3 is 20.0 Å². The number of aromatic nitrogens is 2. The van der Waals surface area contributed by atoms with Crippen LogP contribution in [0.15, 0.2) is 70.1 Å². The van der Waals surface area contributed by atoms with E-state index in [1.807, 2.05) is 0 Å². The molecular formula is C24H19F3N4O4. The van der Waals surface area contributed by atoms with E-state index < -0.39 is 29.2 Å². The van der Waals surface area contributed by atoms with E-state index in [4.69, 9.17) is 4.42 Å². The monoisotopic (exact) mass is 484 g/mol. The van der Waals surface area contributed by atoms with Gasteiger partial charge in [0.2, 0.25) is 5.91 Å². The van der Waals surface area contributed by atoms with Crippen LogP contribution in [0.2, 0.25) is 0 Å². The van der Waals surface area contributed by atoms with Gasteiger partial charge in [-0.2, -0.15) is 13.2 Å². The van der Waals surface area contributed by atoms with Crippen LogP contribution in [-0.2, 0) is 17.4 Å². The minimum atomic E-state index is -4.78. The van der Waals surface area contributed by atoms with E-state index in [0.717, 1.165) is 12.1 Å². The summed E-state index contributed by atoms with van der Waals surface area (Å²) in [6.45, 7) is 0. The number of alkyl halides is 3. The lowest BCUT2D eigenvalue weighted by atomic mass is 10.1. The SMILES string of the molecule is O=C(CCCc1nc2ccccc2c(=O)[nH]1)Nc1ccc(NC(=O)c2ccco2)cc1C(F)(F)F. The molecule has 0 fully saturated rings. The molecule has 2 aromatic heterocycles. The van der Waals surface area contributed by atoms with Crippen molar-refractivity contribution in [3.8, 4) is 0 Å². The molecule has 0 spiro atoms. The number of amides is 2. The molecule has 4 aromatic rings. The largest absolute Gasteiger partial charge is 0.459 e. The summed E-state index contributed by atoms with van der Waals surface area (Å²) in [4.78, 5) is 43.5. The van der Waals surface area contributed by atoms with Gasteiger partial charge >= 0.3 is 6.18 Å². The Balaban J connectivity index is 1.41. The number of nitrogens with zero attached hydrogens (tertiary/aromatic N) is 1. The Kier molecular flexibility index (Phi) is 6.67. The van der Waals surface area contributed by atoms with Gasteiger partial charge in [0, 0.05) is 18.5 Å². The third-order valence-electron chi connectivity index (χ3n) is 5.08. The first-order valence-corrected chi connectivity index (χ1v) is 10.5. The second-order valence-electron chi connectivity index (χ2n) is 7.62. The zero-order valence-corrected chi connectivity index (χ0v) is 18.1. The number of benzene rings is 2. The van der Waals surface area contributed by atoms with Crippen molar-refractivity contribution in [2.75, 3.05) is 10.6 Å². The van der Waals surface area contributed by atoms with Gasteiger partial charge in [-0.1, -0.05) is 12.1 Å². The van der Waals surface area contributed by atoms with Gasteiger partial charge in [0.1, 0.15) is 5.82 Å². The number of aryl methyl sites for hydroxylation is 1. The molecule has 0 saturated heterocycles. The number of furan rings is 1. The summed E-state index contributed by atoms with van der Waals surface area (Å²) in [5.74, 6) is -1.02. The normalized spacial score (nSPS) is 11.4. The highest BCUT2D eigenvalue weighted by Crippen LogP contribution is 2.36. The average Bonchev–Trinajstić information content (AvgIpc) is 3.35. The van der Waals surface area contributed by atoms with Crippen LogP contribution in [0.4, 0.5) is 24.5 Å². The second-order valence-corrected chi connectivity index (χ2v) is 7.62. The molecule has 2 heterocycles. The highest BCUT2D eigenvalue weighted by Gasteiger charge is 2.34. The first kappa shape index (κ1) is 23.7. The highest BCUT2D eigenvalue weighted by atomic mass is 19.4. The molecule has 0 aliphatic heterocycles. The maximum atomic E-state index is 13.6. The lowest BCUT2D eigenvalue weighted by Gasteiger charge is -2.15. The zero-order chi connectivity index (χ0) is 25.0. The number of para-hydroxylation sites is 1. The molecular weight excluding hydrogens is 465 g/mol. The van der Waals surface area contributed by atoms with Gasteiger partial charge in [0.15, 0.2) is 5.76 Å². The van der Waals surface area contributed by atoms with Crippen molar-refractivity contribution >= 4 is 34.1 Å². The van der Waals surface area contributed by atoms with E-state index in [-0.39, 0.29) is 36.3 Å². The van der Waals surface area contributed by atoms with Crippen LogP contribution >= 0.6 is 0 Å². The first-order chi connectivity index (χ1) is 16.7. The quantitative estimate of drug-likeness (QED) is 0.350. The van der Waals surface area contributed by atoms with Crippen LogP contribution in [0.3, 0.4) is 0 Å². The smallest absolute Gasteiger partial charge is 0.418 e. The van der Waals surface area contributed by atoms with Gasteiger partial charge in [0.05, 0.1) is 28.4 Å². The van der Waals surface area contributed by atoms with Crippen LogP contribution in [0.5, 0.6) is 0 Å².